The van der Waals surface area contributed by atoms with Gasteiger partial charge in [-0.3, -0.25) is 0 Å². The molecule has 0 spiro atoms. The number of aliphatic hydroxyl groups is 1. The first-order chi connectivity index (χ1) is 8.65. The average molecular weight is 245 g/mol. The zero-order valence-electron chi connectivity index (χ0n) is 10.2. The molecule has 2 N–H and O–H groups in total. The van der Waals surface area contributed by atoms with E-state index in [9.17, 15) is 9.50 Å². The minimum absolute atomic E-state index is 0.223. The van der Waals surface area contributed by atoms with E-state index >= 15 is 0 Å². The van der Waals surface area contributed by atoms with Crippen molar-refractivity contribution >= 4 is 5.69 Å². The fourth-order valence-corrected chi connectivity index (χ4v) is 1.73. The Kier molecular flexibility index (Phi) is 3.95. The Morgan fingerprint density at radius 2 is 1.89 bits per heavy atom. The molecule has 0 saturated heterocycles. The van der Waals surface area contributed by atoms with Crippen molar-refractivity contribution in [3.8, 4) is 0 Å². The van der Waals surface area contributed by atoms with Gasteiger partial charge in [0.05, 0.1) is 6.10 Å². The van der Waals surface area contributed by atoms with Crippen LogP contribution >= 0.6 is 0 Å². The number of anilines is 1. The van der Waals surface area contributed by atoms with Crippen LogP contribution < -0.4 is 5.32 Å². The Labute approximate surface area is 106 Å². The lowest BCUT2D eigenvalue weighted by Gasteiger charge is -2.09. The van der Waals surface area contributed by atoms with Crippen LogP contribution in [0.4, 0.5) is 10.1 Å². The van der Waals surface area contributed by atoms with E-state index in [1.807, 2.05) is 30.3 Å². The van der Waals surface area contributed by atoms with Crippen molar-refractivity contribution < 1.29 is 9.50 Å². The molecule has 0 saturated carbocycles. The van der Waals surface area contributed by atoms with Gasteiger partial charge in [0, 0.05) is 12.2 Å². The molecular formula is C15H16FNO. The summed E-state index contributed by atoms with van der Waals surface area (Å²) in [4.78, 5) is 0. The Bertz CT molecular complexity index is 508. The summed E-state index contributed by atoms with van der Waals surface area (Å²) in [6, 6.07) is 14.1. The molecule has 2 rings (SSSR count). The minimum Gasteiger partial charge on any atom is -0.389 e. The third-order valence-corrected chi connectivity index (χ3v) is 2.78. The van der Waals surface area contributed by atoms with E-state index in [1.165, 1.54) is 12.1 Å². The normalized spacial score (nSPS) is 12.2. The maximum Gasteiger partial charge on any atom is 0.123 e. The topological polar surface area (TPSA) is 32.3 Å². The fourth-order valence-electron chi connectivity index (χ4n) is 1.73. The smallest absolute Gasteiger partial charge is 0.123 e. The van der Waals surface area contributed by atoms with Gasteiger partial charge in [-0.2, -0.15) is 0 Å². The zero-order valence-corrected chi connectivity index (χ0v) is 10.2. The van der Waals surface area contributed by atoms with Crippen LogP contribution in [0.5, 0.6) is 0 Å². The summed E-state index contributed by atoms with van der Waals surface area (Å²) in [5.74, 6) is -0.223. The van der Waals surface area contributed by atoms with Crippen molar-refractivity contribution in [3.63, 3.8) is 0 Å². The van der Waals surface area contributed by atoms with Crippen molar-refractivity contribution in [2.75, 3.05) is 5.32 Å². The Hall–Kier alpha value is -1.87. The molecule has 0 aliphatic carbocycles. The molecule has 0 fully saturated rings. The lowest BCUT2D eigenvalue weighted by molar-refractivity contribution is 0.199. The highest BCUT2D eigenvalue weighted by molar-refractivity contribution is 5.45. The van der Waals surface area contributed by atoms with Gasteiger partial charge in [0.2, 0.25) is 0 Å². The monoisotopic (exact) mass is 245 g/mol. The SMILES string of the molecule is CC(O)c1ccc(NCc2cccc(F)c2)cc1. The van der Waals surface area contributed by atoms with E-state index in [2.05, 4.69) is 5.32 Å². The number of benzene rings is 2. The van der Waals surface area contributed by atoms with Crippen molar-refractivity contribution in [3.05, 3.63) is 65.5 Å². The fraction of sp³-hybridized carbons (Fsp3) is 0.200. The highest BCUT2D eigenvalue weighted by Gasteiger charge is 2.00. The van der Waals surface area contributed by atoms with Gasteiger partial charge in [-0.1, -0.05) is 24.3 Å². The zero-order chi connectivity index (χ0) is 13.0. The van der Waals surface area contributed by atoms with Crippen molar-refractivity contribution in [1.82, 2.24) is 0 Å². The predicted molar refractivity (Wildman–Crippen MR) is 70.8 cm³/mol. The summed E-state index contributed by atoms with van der Waals surface area (Å²) in [6.07, 6.45) is -0.456. The molecule has 0 radical (unpaired) electrons. The van der Waals surface area contributed by atoms with Crippen molar-refractivity contribution in [1.29, 1.82) is 0 Å². The third-order valence-electron chi connectivity index (χ3n) is 2.78. The van der Waals surface area contributed by atoms with Crippen LogP contribution in [0.1, 0.15) is 24.2 Å². The summed E-state index contributed by atoms with van der Waals surface area (Å²) in [5, 5.41) is 12.6. The van der Waals surface area contributed by atoms with Gasteiger partial charge >= 0.3 is 0 Å². The Morgan fingerprint density at radius 3 is 2.50 bits per heavy atom. The molecule has 94 valence electrons. The summed E-state index contributed by atoms with van der Waals surface area (Å²) < 4.78 is 13.0. The van der Waals surface area contributed by atoms with Crippen LogP contribution in [-0.2, 0) is 6.54 Å². The van der Waals surface area contributed by atoms with Gasteiger partial charge in [0.25, 0.3) is 0 Å². The van der Waals surface area contributed by atoms with E-state index in [-0.39, 0.29) is 5.82 Å². The standard InChI is InChI=1S/C15H16FNO/c1-11(18)13-5-7-15(8-6-13)17-10-12-3-2-4-14(16)9-12/h2-9,11,17-18H,10H2,1H3. The molecule has 1 atom stereocenters. The molecular weight excluding hydrogens is 229 g/mol. The summed E-state index contributed by atoms with van der Waals surface area (Å²) >= 11 is 0. The van der Waals surface area contributed by atoms with Crippen molar-refractivity contribution in [2.45, 2.75) is 19.6 Å². The summed E-state index contributed by atoms with van der Waals surface area (Å²) in [6.45, 7) is 2.31. The lowest BCUT2D eigenvalue weighted by atomic mass is 10.1. The van der Waals surface area contributed by atoms with E-state index in [0.717, 1.165) is 16.8 Å². The molecule has 0 aromatic heterocycles. The second kappa shape index (κ2) is 5.65. The maximum absolute atomic E-state index is 13.0. The quantitative estimate of drug-likeness (QED) is 0.864. The number of hydrogen-bond acceptors (Lipinski definition) is 2. The molecule has 0 heterocycles. The van der Waals surface area contributed by atoms with E-state index in [1.54, 1.807) is 13.0 Å². The molecule has 3 heteroatoms. The van der Waals surface area contributed by atoms with Gasteiger partial charge < -0.3 is 10.4 Å². The molecule has 0 amide bonds. The summed E-state index contributed by atoms with van der Waals surface area (Å²) in [5.41, 5.74) is 2.73. The van der Waals surface area contributed by atoms with Crippen LogP contribution in [0.2, 0.25) is 0 Å². The van der Waals surface area contributed by atoms with Crippen LogP contribution in [0, 0.1) is 5.82 Å². The first-order valence-corrected chi connectivity index (χ1v) is 5.91. The Balaban J connectivity index is 1.98. The van der Waals surface area contributed by atoms with Crippen LogP contribution in [0.25, 0.3) is 0 Å². The molecule has 2 aromatic carbocycles. The average Bonchev–Trinajstić information content (AvgIpc) is 2.37. The van der Waals surface area contributed by atoms with Gasteiger partial charge in [0.1, 0.15) is 5.82 Å². The van der Waals surface area contributed by atoms with E-state index < -0.39 is 6.10 Å². The lowest BCUT2D eigenvalue weighted by Crippen LogP contribution is -2.00. The summed E-state index contributed by atoms with van der Waals surface area (Å²) in [7, 11) is 0. The van der Waals surface area contributed by atoms with Crippen LogP contribution in [-0.4, -0.2) is 5.11 Å². The van der Waals surface area contributed by atoms with Gasteiger partial charge in [-0.15, -0.1) is 0 Å². The number of hydrogen-bond donors (Lipinski definition) is 2. The maximum atomic E-state index is 13.0. The molecule has 2 nitrogen and oxygen atoms in total. The molecule has 0 bridgehead atoms. The minimum atomic E-state index is -0.456. The van der Waals surface area contributed by atoms with Crippen LogP contribution in [0.15, 0.2) is 48.5 Å². The Morgan fingerprint density at radius 1 is 1.17 bits per heavy atom. The van der Waals surface area contributed by atoms with Crippen molar-refractivity contribution in [2.24, 2.45) is 0 Å². The number of halogens is 1. The first-order valence-electron chi connectivity index (χ1n) is 5.91. The van der Waals surface area contributed by atoms with Gasteiger partial charge in [-0.05, 0) is 42.3 Å². The number of aliphatic hydroxyl groups excluding tert-OH is 1. The second-order valence-electron chi connectivity index (χ2n) is 4.28. The first kappa shape index (κ1) is 12.6. The highest BCUT2D eigenvalue weighted by Crippen LogP contribution is 2.16. The van der Waals surface area contributed by atoms with Gasteiger partial charge in [-0.25, -0.2) is 4.39 Å². The second-order valence-corrected chi connectivity index (χ2v) is 4.28. The predicted octanol–water partition coefficient (Wildman–Crippen LogP) is 3.49. The van der Waals surface area contributed by atoms with E-state index in [4.69, 9.17) is 0 Å². The number of nitrogens with one attached hydrogen (secondary N) is 1. The molecule has 0 aliphatic heterocycles. The molecule has 2 aromatic rings. The molecule has 18 heavy (non-hydrogen) atoms. The molecule has 1 unspecified atom stereocenters. The largest absolute Gasteiger partial charge is 0.389 e. The van der Waals surface area contributed by atoms with E-state index in [0.29, 0.717) is 6.54 Å². The third kappa shape index (κ3) is 3.31. The highest BCUT2D eigenvalue weighted by atomic mass is 19.1. The molecule has 0 aliphatic rings. The van der Waals surface area contributed by atoms with Crippen LogP contribution in [0.3, 0.4) is 0 Å². The number of rotatable bonds is 4. The van der Waals surface area contributed by atoms with Gasteiger partial charge in [0.15, 0.2) is 0 Å².